The predicted molar refractivity (Wildman–Crippen MR) is 190 cm³/mol. The highest BCUT2D eigenvalue weighted by molar-refractivity contribution is 5.88. The molecule has 0 spiro atoms. The zero-order chi connectivity index (χ0) is 38.1. The maximum atomic E-state index is 17.9. The predicted octanol–water partition coefficient (Wildman–Crippen LogP) is 5.11. The van der Waals surface area contributed by atoms with Gasteiger partial charge in [0.1, 0.15) is 5.75 Å². The smallest absolute Gasteiger partial charge is 0.416 e. The first kappa shape index (κ1) is 38.8. The van der Waals surface area contributed by atoms with Gasteiger partial charge in [0.25, 0.3) is 5.91 Å². The third kappa shape index (κ3) is 7.99. The van der Waals surface area contributed by atoms with Crippen molar-refractivity contribution in [1.82, 2.24) is 14.7 Å². The summed E-state index contributed by atoms with van der Waals surface area (Å²) >= 11 is 0. The van der Waals surface area contributed by atoms with Crippen LogP contribution >= 0.6 is 0 Å². The molecule has 0 saturated carbocycles. The summed E-state index contributed by atoms with van der Waals surface area (Å²) < 4.78 is 75.9. The van der Waals surface area contributed by atoms with Gasteiger partial charge >= 0.3 is 12.1 Å². The number of nitrogens with zero attached hydrogens (tertiary/aromatic N) is 4. The standard InChI is InChI=1S/C39H50F4N4O6/c1-25(48)44-17-13-30(14-18-44)47-22-34(26-5-8-31(52-3)9-6-26)38(40,24-47)37(50)46-20-28(23-51-2)33(21-46)32-10-7-29(39(41,42)43)19-35(32)45-15-11-27(12-16-45)36(49)53-4/h5-10,19,27-28,30,33-34H,11-18,20-24H2,1-4H3/t28-,33+,34+,38+/m1/s1. The van der Waals surface area contributed by atoms with Crippen LogP contribution in [0.3, 0.4) is 0 Å². The number of esters is 1. The number of alkyl halides is 4. The van der Waals surface area contributed by atoms with Gasteiger partial charge in [-0.15, -0.1) is 0 Å². The van der Waals surface area contributed by atoms with Crippen molar-refractivity contribution in [2.45, 2.75) is 62.3 Å². The molecule has 290 valence electrons. The Labute approximate surface area is 308 Å². The van der Waals surface area contributed by atoms with Crippen LogP contribution < -0.4 is 9.64 Å². The Morgan fingerprint density at radius 1 is 0.868 bits per heavy atom. The lowest BCUT2D eigenvalue weighted by Crippen LogP contribution is -2.51. The minimum Gasteiger partial charge on any atom is -0.497 e. The zero-order valence-electron chi connectivity index (χ0n) is 30.9. The first-order chi connectivity index (χ1) is 25.3. The summed E-state index contributed by atoms with van der Waals surface area (Å²) in [5, 5.41) is 0. The van der Waals surface area contributed by atoms with Gasteiger partial charge in [-0.1, -0.05) is 18.2 Å². The second kappa shape index (κ2) is 15.8. The van der Waals surface area contributed by atoms with Gasteiger partial charge in [0.15, 0.2) is 0 Å². The molecular formula is C39H50F4N4O6. The number of amides is 2. The Morgan fingerprint density at radius 2 is 1.55 bits per heavy atom. The average molecular weight is 747 g/mol. The zero-order valence-corrected chi connectivity index (χ0v) is 30.9. The average Bonchev–Trinajstić information content (AvgIpc) is 3.75. The number of methoxy groups -OCH3 is 3. The third-order valence-electron chi connectivity index (χ3n) is 11.9. The molecule has 53 heavy (non-hydrogen) atoms. The molecule has 0 N–H and O–H groups in total. The molecule has 4 aliphatic rings. The molecule has 2 amide bonds. The molecule has 0 unspecified atom stereocenters. The van der Waals surface area contributed by atoms with E-state index in [1.165, 1.54) is 25.2 Å². The van der Waals surface area contributed by atoms with E-state index in [4.69, 9.17) is 14.2 Å². The summed E-state index contributed by atoms with van der Waals surface area (Å²) in [6.45, 7) is 4.13. The van der Waals surface area contributed by atoms with Gasteiger partial charge in [-0.05, 0) is 61.1 Å². The second-order valence-corrected chi connectivity index (χ2v) is 14.9. The number of anilines is 1. The van der Waals surface area contributed by atoms with Crippen molar-refractivity contribution >= 4 is 23.5 Å². The number of carbonyl (C=O) groups excluding carboxylic acids is 3. The van der Waals surface area contributed by atoms with Crippen molar-refractivity contribution in [1.29, 1.82) is 0 Å². The van der Waals surface area contributed by atoms with E-state index in [0.29, 0.717) is 81.0 Å². The van der Waals surface area contributed by atoms with E-state index in [2.05, 4.69) is 4.90 Å². The van der Waals surface area contributed by atoms with Gasteiger partial charge < -0.3 is 28.9 Å². The van der Waals surface area contributed by atoms with Crippen LogP contribution in [0.15, 0.2) is 42.5 Å². The number of ether oxygens (including phenoxy) is 3. The fourth-order valence-corrected chi connectivity index (χ4v) is 8.96. The lowest BCUT2D eigenvalue weighted by Gasteiger charge is -2.36. The van der Waals surface area contributed by atoms with E-state index < -0.39 is 35.2 Å². The Kier molecular flexibility index (Phi) is 11.6. The van der Waals surface area contributed by atoms with E-state index in [-0.39, 0.29) is 56.0 Å². The first-order valence-corrected chi connectivity index (χ1v) is 18.4. The fraction of sp³-hybridized carbons (Fsp3) is 0.615. The molecule has 10 nitrogen and oxygen atoms in total. The van der Waals surface area contributed by atoms with Crippen LogP contribution in [0, 0.1) is 11.8 Å². The maximum Gasteiger partial charge on any atom is 0.416 e. The summed E-state index contributed by atoms with van der Waals surface area (Å²) in [5.41, 5.74) is -1.35. The largest absolute Gasteiger partial charge is 0.497 e. The van der Waals surface area contributed by atoms with E-state index in [0.717, 1.165) is 12.1 Å². The molecule has 2 aromatic carbocycles. The molecule has 4 saturated heterocycles. The van der Waals surface area contributed by atoms with Crippen LogP contribution in [0.25, 0.3) is 0 Å². The summed E-state index contributed by atoms with van der Waals surface area (Å²) in [4.78, 5) is 46.1. The van der Waals surface area contributed by atoms with Crippen molar-refractivity contribution in [2.24, 2.45) is 11.8 Å². The highest BCUT2D eigenvalue weighted by atomic mass is 19.4. The fourth-order valence-electron chi connectivity index (χ4n) is 8.96. The SMILES string of the molecule is COC[C@H]1CN(C(=O)[C@]2(F)CN(C3CCN(C(C)=O)CC3)C[C@H]2c2ccc(OC)cc2)C[C@@H]1c1ccc(C(F)(F)F)cc1N1CCC(C(=O)OC)CC1. The molecule has 0 aromatic heterocycles. The summed E-state index contributed by atoms with van der Waals surface area (Å²) in [6, 6.07) is 10.8. The van der Waals surface area contributed by atoms with Crippen LogP contribution in [0.2, 0.25) is 0 Å². The lowest BCUT2D eigenvalue weighted by molar-refractivity contribution is -0.146. The number of halogens is 4. The van der Waals surface area contributed by atoms with Crippen molar-refractivity contribution in [3.05, 3.63) is 59.2 Å². The van der Waals surface area contributed by atoms with E-state index in [9.17, 15) is 27.6 Å². The Bertz CT molecular complexity index is 1630. The quantitative estimate of drug-likeness (QED) is 0.259. The third-order valence-corrected chi connectivity index (χ3v) is 11.9. The number of benzene rings is 2. The van der Waals surface area contributed by atoms with Crippen molar-refractivity contribution in [3.63, 3.8) is 0 Å². The topological polar surface area (TPSA) is 91.9 Å². The van der Waals surface area contributed by atoms with Crippen LogP contribution in [-0.4, -0.2) is 124 Å². The maximum absolute atomic E-state index is 17.9. The normalized spacial score (nSPS) is 26.3. The van der Waals surface area contributed by atoms with E-state index >= 15 is 4.39 Å². The Hall–Kier alpha value is -3.91. The van der Waals surface area contributed by atoms with Gasteiger partial charge in [0, 0.05) is 95.9 Å². The molecular weight excluding hydrogens is 696 g/mol. The molecule has 4 heterocycles. The molecule has 4 fully saturated rings. The van der Waals surface area contributed by atoms with Crippen molar-refractivity contribution in [2.75, 3.05) is 85.2 Å². The van der Waals surface area contributed by atoms with Gasteiger partial charge in [0.2, 0.25) is 11.6 Å². The first-order valence-electron chi connectivity index (χ1n) is 18.4. The summed E-state index contributed by atoms with van der Waals surface area (Å²) in [7, 11) is 4.41. The number of hydrogen-bond acceptors (Lipinski definition) is 8. The molecule has 2 aromatic rings. The van der Waals surface area contributed by atoms with Crippen molar-refractivity contribution < 1.29 is 46.2 Å². The van der Waals surface area contributed by atoms with Gasteiger partial charge in [-0.25, -0.2) is 4.39 Å². The van der Waals surface area contributed by atoms with Crippen LogP contribution in [0.5, 0.6) is 5.75 Å². The minimum atomic E-state index is -4.57. The van der Waals surface area contributed by atoms with E-state index in [1.807, 2.05) is 4.90 Å². The second-order valence-electron chi connectivity index (χ2n) is 14.9. The van der Waals surface area contributed by atoms with Gasteiger partial charge in [-0.3, -0.25) is 19.3 Å². The molecule has 0 aliphatic carbocycles. The number of rotatable bonds is 9. The summed E-state index contributed by atoms with van der Waals surface area (Å²) in [5.74, 6) is -2.19. The number of likely N-dealkylation sites (tertiary alicyclic amines) is 3. The Balaban J connectivity index is 1.30. The molecule has 6 rings (SSSR count). The number of carbonyl (C=O) groups is 3. The highest BCUT2D eigenvalue weighted by Crippen LogP contribution is 2.47. The number of hydrogen-bond donors (Lipinski definition) is 0. The molecule has 0 radical (unpaired) electrons. The minimum absolute atomic E-state index is 0.00219. The van der Waals surface area contributed by atoms with Crippen LogP contribution in [0.1, 0.15) is 61.1 Å². The highest BCUT2D eigenvalue weighted by Gasteiger charge is 2.57. The van der Waals surface area contributed by atoms with Crippen LogP contribution in [0.4, 0.5) is 23.2 Å². The number of piperidine rings is 2. The Morgan fingerprint density at radius 3 is 2.13 bits per heavy atom. The summed E-state index contributed by atoms with van der Waals surface area (Å²) in [6.07, 6.45) is -2.36. The van der Waals surface area contributed by atoms with Gasteiger partial charge in [0.05, 0.1) is 32.3 Å². The molecule has 4 aliphatic heterocycles. The lowest BCUT2D eigenvalue weighted by atomic mass is 9.85. The molecule has 0 bridgehead atoms. The van der Waals surface area contributed by atoms with Crippen molar-refractivity contribution in [3.8, 4) is 5.75 Å². The van der Waals surface area contributed by atoms with Crippen LogP contribution in [-0.2, 0) is 30.0 Å². The molecule has 4 atom stereocenters. The monoisotopic (exact) mass is 746 g/mol. The van der Waals surface area contributed by atoms with Gasteiger partial charge in [-0.2, -0.15) is 13.2 Å². The molecule has 14 heteroatoms. The van der Waals surface area contributed by atoms with E-state index in [1.54, 1.807) is 43.2 Å².